The predicted molar refractivity (Wildman–Crippen MR) is 144 cm³/mol. The molecule has 6 nitrogen and oxygen atoms in total. The van der Waals surface area contributed by atoms with Crippen molar-refractivity contribution >= 4 is 12.0 Å². The monoisotopic (exact) mass is 493 g/mol. The van der Waals surface area contributed by atoms with Crippen LogP contribution in [-0.4, -0.2) is 27.8 Å². The van der Waals surface area contributed by atoms with Gasteiger partial charge in [-0.15, -0.1) is 0 Å². The van der Waals surface area contributed by atoms with Crippen molar-refractivity contribution in [1.82, 2.24) is 9.97 Å². The average molecular weight is 494 g/mol. The van der Waals surface area contributed by atoms with Crippen LogP contribution in [0.1, 0.15) is 40.3 Å². The molecule has 2 N–H and O–H groups in total. The van der Waals surface area contributed by atoms with Gasteiger partial charge < -0.3 is 10.4 Å². The lowest BCUT2D eigenvalue weighted by atomic mass is 10.0. The van der Waals surface area contributed by atoms with Gasteiger partial charge in [-0.25, -0.2) is 9.37 Å². The Morgan fingerprint density at radius 1 is 1.11 bits per heavy atom. The fourth-order valence-electron chi connectivity index (χ4n) is 4.00. The number of nitrogens with one attached hydrogen (secondary N) is 1. The molecule has 0 aliphatic heterocycles. The van der Waals surface area contributed by atoms with Crippen molar-refractivity contribution in [3.8, 4) is 17.3 Å². The number of anilines is 1. The lowest BCUT2D eigenvalue weighted by Gasteiger charge is -2.16. The van der Waals surface area contributed by atoms with Gasteiger partial charge in [0.05, 0.1) is 23.9 Å². The molecule has 186 valence electrons. The number of aliphatic hydroxyl groups is 1. The third kappa shape index (κ3) is 7.06. The number of nitriles is 1. The number of aliphatic hydroxyl groups excluding tert-OH is 1. The van der Waals surface area contributed by atoms with Crippen LogP contribution in [0.3, 0.4) is 0 Å². The number of aryl methyl sites for hydroxylation is 2. The minimum Gasteiger partial charge on any atom is -0.383 e. The van der Waals surface area contributed by atoms with Crippen LogP contribution >= 0.6 is 0 Å². The van der Waals surface area contributed by atoms with Crippen LogP contribution in [0.4, 0.5) is 10.2 Å². The number of halogens is 1. The Labute approximate surface area is 216 Å². The minimum absolute atomic E-state index is 0.248. The van der Waals surface area contributed by atoms with Gasteiger partial charge in [0, 0.05) is 36.3 Å². The first-order valence-electron chi connectivity index (χ1n) is 12.1. The van der Waals surface area contributed by atoms with E-state index in [1.807, 2.05) is 43.3 Å². The van der Waals surface area contributed by atoms with E-state index in [1.54, 1.807) is 30.6 Å². The Morgan fingerprint density at radius 3 is 2.76 bits per heavy atom. The highest BCUT2D eigenvalue weighted by Gasteiger charge is 2.15. The third-order valence-electron chi connectivity index (χ3n) is 5.88. The lowest BCUT2D eigenvalue weighted by molar-refractivity contribution is 0.252. The van der Waals surface area contributed by atoms with Crippen molar-refractivity contribution in [1.29, 1.82) is 5.26 Å². The predicted octanol–water partition coefficient (Wildman–Crippen LogP) is 5.81. The van der Waals surface area contributed by atoms with Crippen LogP contribution < -0.4 is 5.32 Å². The molecule has 0 saturated carbocycles. The van der Waals surface area contributed by atoms with Gasteiger partial charge in [0.25, 0.3) is 0 Å². The molecule has 1 unspecified atom stereocenters. The van der Waals surface area contributed by atoms with Gasteiger partial charge in [-0.3, -0.25) is 9.98 Å². The number of pyridine rings is 2. The summed E-state index contributed by atoms with van der Waals surface area (Å²) in [5.41, 5.74) is 5.33. The van der Waals surface area contributed by atoms with Crippen LogP contribution in [-0.2, 0) is 13.0 Å². The molecule has 0 fully saturated rings. The molecule has 4 aromatic rings. The molecule has 0 radical (unpaired) electrons. The van der Waals surface area contributed by atoms with Gasteiger partial charge in [0.1, 0.15) is 17.7 Å². The molecule has 7 heteroatoms. The number of aliphatic imine (C=N–C) groups is 1. The molecular formula is C30H28FN5O. The van der Waals surface area contributed by atoms with Crippen molar-refractivity contribution in [2.45, 2.75) is 32.4 Å². The first kappa shape index (κ1) is 25.7. The molecule has 0 amide bonds. The second-order valence-electron chi connectivity index (χ2n) is 8.75. The molecule has 2 aromatic carbocycles. The second-order valence-corrected chi connectivity index (χ2v) is 8.75. The van der Waals surface area contributed by atoms with E-state index < -0.39 is 6.10 Å². The fourth-order valence-corrected chi connectivity index (χ4v) is 4.00. The number of nitrogens with zero attached hydrogens (tertiary/aromatic N) is 4. The standard InChI is InChI=1S/C30H28FN5O/c1-21-9-10-26(24(15-21)17-32)28-12-11-27(29(37)20-34-19-23-7-3-13-33-18-23)30(36-28)35-14-4-6-22-5-2-8-25(31)16-22/h2-3,5,7-13,15-16,18,20,29,37H,4,6,14,19H2,1H3,(H,35,36). The quantitative estimate of drug-likeness (QED) is 0.215. The van der Waals surface area contributed by atoms with Crippen LogP contribution in [0, 0.1) is 24.1 Å². The molecule has 0 aliphatic rings. The average Bonchev–Trinajstić information content (AvgIpc) is 2.91. The molecule has 37 heavy (non-hydrogen) atoms. The van der Waals surface area contributed by atoms with E-state index in [1.165, 1.54) is 18.3 Å². The highest BCUT2D eigenvalue weighted by molar-refractivity contribution is 5.73. The summed E-state index contributed by atoms with van der Waals surface area (Å²) in [5, 5.41) is 23.9. The third-order valence-corrected chi connectivity index (χ3v) is 5.88. The maximum Gasteiger partial charge on any atom is 0.132 e. The SMILES string of the molecule is Cc1ccc(-c2ccc(C(O)C=NCc3cccnc3)c(NCCCc3cccc(F)c3)n2)c(C#N)c1. The summed E-state index contributed by atoms with van der Waals surface area (Å²) in [6.45, 7) is 2.91. The zero-order valence-electron chi connectivity index (χ0n) is 20.6. The summed E-state index contributed by atoms with van der Waals surface area (Å²) in [5.74, 6) is 0.267. The topological polar surface area (TPSA) is 94.2 Å². The Balaban J connectivity index is 1.55. The summed E-state index contributed by atoms with van der Waals surface area (Å²) in [7, 11) is 0. The molecule has 0 saturated heterocycles. The maximum absolute atomic E-state index is 13.5. The molecule has 1 atom stereocenters. The van der Waals surface area contributed by atoms with Gasteiger partial charge in [-0.05, 0) is 66.8 Å². The van der Waals surface area contributed by atoms with E-state index in [-0.39, 0.29) is 5.82 Å². The summed E-state index contributed by atoms with van der Waals surface area (Å²) in [6.07, 6.45) is 5.40. The summed E-state index contributed by atoms with van der Waals surface area (Å²) in [6, 6.07) is 21.8. The fraction of sp³-hybridized carbons (Fsp3) is 0.200. The van der Waals surface area contributed by atoms with E-state index >= 15 is 0 Å². The number of hydrogen-bond donors (Lipinski definition) is 2. The van der Waals surface area contributed by atoms with Crippen LogP contribution in [0.25, 0.3) is 11.3 Å². The van der Waals surface area contributed by atoms with Crippen molar-refractivity contribution in [3.05, 3.63) is 113 Å². The number of aromatic nitrogens is 2. The van der Waals surface area contributed by atoms with E-state index in [9.17, 15) is 14.8 Å². The van der Waals surface area contributed by atoms with Gasteiger partial charge in [-0.1, -0.05) is 36.4 Å². The van der Waals surface area contributed by atoms with E-state index in [0.717, 1.165) is 28.7 Å². The Bertz CT molecular complexity index is 1420. The first-order chi connectivity index (χ1) is 18.0. The van der Waals surface area contributed by atoms with Crippen molar-refractivity contribution in [2.75, 3.05) is 11.9 Å². The highest BCUT2D eigenvalue weighted by atomic mass is 19.1. The van der Waals surface area contributed by atoms with Crippen molar-refractivity contribution in [3.63, 3.8) is 0 Å². The Morgan fingerprint density at radius 2 is 1.97 bits per heavy atom. The molecular weight excluding hydrogens is 465 g/mol. The minimum atomic E-state index is -0.975. The summed E-state index contributed by atoms with van der Waals surface area (Å²) >= 11 is 0. The summed E-state index contributed by atoms with van der Waals surface area (Å²) in [4.78, 5) is 13.2. The molecule has 2 aromatic heterocycles. The van der Waals surface area contributed by atoms with Gasteiger partial charge in [-0.2, -0.15) is 5.26 Å². The highest BCUT2D eigenvalue weighted by Crippen LogP contribution is 2.28. The van der Waals surface area contributed by atoms with Gasteiger partial charge in [0.2, 0.25) is 0 Å². The zero-order chi connectivity index (χ0) is 26.0. The van der Waals surface area contributed by atoms with Crippen LogP contribution in [0.5, 0.6) is 0 Å². The largest absolute Gasteiger partial charge is 0.383 e. The van der Waals surface area contributed by atoms with E-state index in [0.29, 0.717) is 42.1 Å². The molecule has 0 spiro atoms. The van der Waals surface area contributed by atoms with Crippen molar-refractivity contribution in [2.24, 2.45) is 4.99 Å². The first-order valence-corrected chi connectivity index (χ1v) is 12.1. The van der Waals surface area contributed by atoms with Crippen LogP contribution in [0.15, 0.2) is 84.1 Å². The number of rotatable bonds is 10. The molecule has 0 aliphatic carbocycles. The van der Waals surface area contributed by atoms with Gasteiger partial charge in [0.15, 0.2) is 0 Å². The van der Waals surface area contributed by atoms with Gasteiger partial charge >= 0.3 is 0 Å². The molecule has 0 bridgehead atoms. The number of benzene rings is 2. The van der Waals surface area contributed by atoms with Crippen molar-refractivity contribution < 1.29 is 9.50 Å². The zero-order valence-corrected chi connectivity index (χ0v) is 20.6. The lowest BCUT2D eigenvalue weighted by Crippen LogP contribution is -2.11. The normalized spacial score (nSPS) is 11.8. The van der Waals surface area contributed by atoms with Crippen LogP contribution in [0.2, 0.25) is 0 Å². The summed E-state index contributed by atoms with van der Waals surface area (Å²) < 4.78 is 13.5. The maximum atomic E-state index is 13.5. The smallest absolute Gasteiger partial charge is 0.132 e. The molecule has 2 heterocycles. The van der Waals surface area contributed by atoms with E-state index in [4.69, 9.17) is 4.98 Å². The second kappa shape index (κ2) is 12.5. The van der Waals surface area contributed by atoms with E-state index in [2.05, 4.69) is 21.4 Å². The number of hydrogen-bond acceptors (Lipinski definition) is 6. The Hall–Kier alpha value is -4.41. The Kier molecular flexibility index (Phi) is 8.69. The molecule has 4 rings (SSSR count).